The summed E-state index contributed by atoms with van der Waals surface area (Å²) in [7, 11) is 0. The van der Waals surface area contributed by atoms with E-state index in [9.17, 15) is 9.18 Å². The van der Waals surface area contributed by atoms with Gasteiger partial charge in [0.15, 0.2) is 0 Å². The number of nitrogens with zero attached hydrogens (tertiary/aromatic N) is 4. The van der Waals surface area contributed by atoms with Crippen LogP contribution in [0.15, 0.2) is 54.6 Å². The second-order valence-electron chi connectivity index (χ2n) is 8.71. The molecule has 1 saturated heterocycles. The zero-order valence-electron chi connectivity index (χ0n) is 19.5. The van der Waals surface area contributed by atoms with E-state index in [1.54, 1.807) is 19.1 Å². The van der Waals surface area contributed by atoms with Gasteiger partial charge in [0, 0.05) is 39.3 Å². The number of amides is 1. The minimum atomic E-state index is -0.337. The first kappa shape index (κ1) is 24.4. The summed E-state index contributed by atoms with van der Waals surface area (Å²) >= 11 is 6.44. The Bertz CT molecular complexity index is 1080. The summed E-state index contributed by atoms with van der Waals surface area (Å²) in [6, 6.07) is 16.5. The number of aromatic nitrogens is 2. The molecule has 1 aromatic heterocycles. The second kappa shape index (κ2) is 11.6. The molecule has 1 N–H and O–H groups in total. The standard InChI is InChI=1S/C26H31ClFN5O/c1-20-24(25(27)33(30-20)23-11-9-22(28)10-12-23)26(34)29-13-5-6-14-31-15-17-32(18-16-31)19-21-7-3-2-4-8-21/h2-4,7-12H,5-6,13-19H2,1H3,(H,29,34). The third-order valence-electron chi connectivity index (χ3n) is 6.20. The number of piperazine rings is 1. The molecule has 0 radical (unpaired) electrons. The largest absolute Gasteiger partial charge is 0.352 e. The summed E-state index contributed by atoms with van der Waals surface area (Å²) in [5.41, 5.74) is 2.88. The maximum Gasteiger partial charge on any atom is 0.256 e. The molecule has 3 aromatic rings. The maximum atomic E-state index is 13.2. The van der Waals surface area contributed by atoms with Crippen molar-refractivity contribution in [3.8, 4) is 5.69 Å². The summed E-state index contributed by atoms with van der Waals surface area (Å²) in [5, 5.41) is 7.55. The zero-order chi connectivity index (χ0) is 23.9. The van der Waals surface area contributed by atoms with E-state index in [1.807, 2.05) is 0 Å². The van der Waals surface area contributed by atoms with Crippen molar-refractivity contribution >= 4 is 17.5 Å². The van der Waals surface area contributed by atoms with Gasteiger partial charge in [0.2, 0.25) is 0 Å². The molecule has 180 valence electrons. The third-order valence-corrected chi connectivity index (χ3v) is 6.55. The summed E-state index contributed by atoms with van der Waals surface area (Å²) in [6.45, 7) is 8.72. The van der Waals surface area contributed by atoms with Crippen molar-refractivity contribution in [3.63, 3.8) is 0 Å². The first-order valence-corrected chi connectivity index (χ1v) is 12.2. The number of aryl methyl sites for hydroxylation is 1. The van der Waals surface area contributed by atoms with Gasteiger partial charge < -0.3 is 10.2 Å². The Morgan fingerprint density at radius 3 is 2.38 bits per heavy atom. The highest BCUT2D eigenvalue weighted by molar-refractivity contribution is 6.33. The van der Waals surface area contributed by atoms with Gasteiger partial charge in [0.25, 0.3) is 5.91 Å². The fourth-order valence-corrected chi connectivity index (χ4v) is 4.63. The number of benzene rings is 2. The second-order valence-corrected chi connectivity index (χ2v) is 9.06. The van der Waals surface area contributed by atoms with E-state index in [1.165, 1.54) is 22.4 Å². The van der Waals surface area contributed by atoms with Gasteiger partial charge in [-0.3, -0.25) is 9.69 Å². The van der Waals surface area contributed by atoms with Gasteiger partial charge >= 0.3 is 0 Å². The van der Waals surface area contributed by atoms with Crippen LogP contribution in [0.25, 0.3) is 5.69 Å². The molecular weight excluding hydrogens is 453 g/mol. The first-order valence-electron chi connectivity index (χ1n) is 11.8. The molecule has 34 heavy (non-hydrogen) atoms. The summed E-state index contributed by atoms with van der Waals surface area (Å²) < 4.78 is 14.7. The van der Waals surface area contributed by atoms with Gasteiger partial charge in [0.05, 0.1) is 16.9 Å². The number of hydrogen-bond acceptors (Lipinski definition) is 4. The average molecular weight is 484 g/mol. The Balaban J connectivity index is 1.17. The topological polar surface area (TPSA) is 53.4 Å². The van der Waals surface area contributed by atoms with Gasteiger partial charge in [-0.25, -0.2) is 9.07 Å². The van der Waals surface area contributed by atoms with E-state index >= 15 is 0 Å². The Morgan fingerprint density at radius 2 is 1.68 bits per heavy atom. The van der Waals surface area contributed by atoms with Crippen LogP contribution >= 0.6 is 11.6 Å². The van der Waals surface area contributed by atoms with Crippen LogP contribution in [0.4, 0.5) is 4.39 Å². The van der Waals surface area contributed by atoms with Crippen molar-refractivity contribution in [2.75, 3.05) is 39.3 Å². The number of halogens is 2. The fourth-order valence-electron chi connectivity index (χ4n) is 4.27. The van der Waals surface area contributed by atoms with E-state index in [0.29, 0.717) is 23.5 Å². The monoisotopic (exact) mass is 483 g/mol. The van der Waals surface area contributed by atoms with Crippen molar-refractivity contribution in [1.29, 1.82) is 0 Å². The molecule has 2 heterocycles. The predicted molar refractivity (Wildman–Crippen MR) is 133 cm³/mol. The van der Waals surface area contributed by atoms with Crippen molar-refractivity contribution in [2.24, 2.45) is 0 Å². The van der Waals surface area contributed by atoms with Gasteiger partial charge in [-0.05, 0) is 56.1 Å². The number of hydrogen-bond donors (Lipinski definition) is 1. The highest BCUT2D eigenvalue weighted by Gasteiger charge is 2.21. The third kappa shape index (κ3) is 6.23. The molecule has 0 saturated carbocycles. The normalized spacial score (nSPS) is 14.9. The Hall–Kier alpha value is -2.74. The van der Waals surface area contributed by atoms with E-state index < -0.39 is 0 Å². The SMILES string of the molecule is Cc1nn(-c2ccc(F)cc2)c(Cl)c1C(=O)NCCCCN1CCN(Cc2ccccc2)CC1. The molecule has 2 aromatic carbocycles. The lowest BCUT2D eigenvalue weighted by atomic mass is 10.2. The van der Waals surface area contributed by atoms with Gasteiger partial charge in [-0.15, -0.1) is 0 Å². The molecule has 0 unspecified atom stereocenters. The lowest BCUT2D eigenvalue weighted by Crippen LogP contribution is -2.46. The van der Waals surface area contributed by atoms with Crippen molar-refractivity contribution in [3.05, 3.63) is 82.4 Å². The Labute approximate surface area is 205 Å². The molecule has 0 spiro atoms. The van der Waals surface area contributed by atoms with E-state index in [0.717, 1.165) is 52.1 Å². The van der Waals surface area contributed by atoms with Crippen molar-refractivity contribution in [2.45, 2.75) is 26.3 Å². The lowest BCUT2D eigenvalue weighted by Gasteiger charge is -2.34. The van der Waals surface area contributed by atoms with E-state index in [2.05, 4.69) is 50.5 Å². The maximum absolute atomic E-state index is 13.2. The van der Waals surface area contributed by atoms with Crippen LogP contribution in [0, 0.1) is 12.7 Å². The molecule has 0 bridgehead atoms. The van der Waals surface area contributed by atoms with Crippen molar-refractivity contribution < 1.29 is 9.18 Å². The smallest absolute Gasteiger partial charge is 0.256 e. The van der Waals surface area contributed by atoms with Gasteiger partial charge in [-0.1, -0.05) is 41.9 Å². The molecule has 8 heteroatoms. The van der Waals surface area contributed by atoms with Gasteiger partial charge in [-0.2, -0.15) is 5.10 Å². The summed E-state index contributed by atoms with van der Waals surface area (Å²) in [5.74, 6) is -0.568. The van der Waals surface area contributed by atoms with E-state index in [-0.39, 0.29) is 16.9 Å². The van der Waals surface area contributed by atoms with Crippen LogP contribution in [-0.2, 0) is 6.54 Å². The van der Waals surface area contributed by atoms with Crippen molar-refractivity contribution in [1.82, 2.24) is 24.9 Å². The molecule has 0 atom stereocenters. The van der Waals surface area contributed by atoms with Crippen LogP contribution in [0.5, 0.6) is 0 Å². The highest BCUT2D eigenvalue weighted by Crippen LogP contribution is 2.23. The Morgan fingerprint density at radius 1 is 1.00 bits per heavy atom. The highest BCUT2D eigenvalue weighted by atomic mass is 35.5. The van der Waals surface area contributed by atoms with Gasteiger partial charge in [0.1, 0.15) is 11.0 Å². The first-order chi connectivity index (χ1) is 16.5. The van der Waals surface area contributed by atoms with Crippen LogP contribution in [0.3, 0.4) is 0 Å². The average Bonchev–Trinajstić information content (AvgIpc) is 3.14. The zero-order valence-corrected chi connectivity index (χ0v) is 20.3. The molecule has 0 aliphatic carbocycles. The minimum absolute atomic E-state index is 0.231. The molecule has 4 rings (SSSR count). The number of rotatable bonds is 9. The minimum Gasteiger partial charge on any atom is -0.352 e. The predicted octanol–water partition coefficient (Wildman–Crippen LogP) is 4.30. The molecule has 6 nitrogen and oxygen atoms in total. The molecule has 1 fully saturated rings. The molecule has 1 aliphatic rings. The van der Waals surface area contributed by atoms with Crippen LogP contribution in [-0.4, -0.2) is 64.8 Å². The summed E-state index contributed by atoms with van der Waals surface area (Å²) in [6.07, 6.45) is 1.93. The molecule has 1 aliphatic heterocycles. The number of unbranched alkanes of at least 4 members (excludes halogenated alkanes) is 1. The number of carbonyl (C=O) groups excluding carboxylic acids is 1. The lowest BCUT2D eigenvalue weighted by molar-refractivity contribution is 0.0950. The summed E-state index contributed by atoms with van der Waals surface area (Å²) in [4.78, 5) is 17.7. The number of carbonyl (C=O) groups is 1. The van der Waals surface area contributed by atoms with Crippen LogP contribution in [0.2, 0.25) is 5.15 Å². The van der Waals surface area contributed by atoms with E-state index in [4.69, 9.17) is 11.6 Å². The molecular formula is C26H31ClFN5O. The van der Waals surface area contributed by atoms with Crippen LogP contribution < -0.4 is 5.32 Å². The number of nitrogens with one attached hydrogen (secondary N) is 1. The fraction of sp³-hybridized carbons (Fsp3) is 0.385. The molecule has 1 amide bonds. The van der Waals surface area contributed by atoms with Crippen LogP contribution in [0.1, 0.15) is 34.5 Å². The quantitative estimate of drug-likeness (QED) is 0.461. The Kier molecular flexibility index (Phi) is 8.32.